The fourth-order valence-corrected chi connectivity index (χ4v) is 3.99. The molecular formula is C19H23NO4S. The summed E-state index contributed by atoms with van der Waals surface area (Å²) in [6.45, 7) is 7.79. The lowest BCUT2D eigenvalue weighted by molar-refractivity contribution is 0.0600. The normalized spacial score (nSPS) is 12.7. The average Bonchev–Trinajstić information content (AvgIpc) is 2.57. The Morgan fingerprint density at radius 1 is 1.04 bits per heavy atom. The zero-order valence-corrected chi connectivity index (χ0v) is 15.9. The van der Waals surface area contributed by atoms with Crippen molar-refractivity contribution in [1.82, 2.24) is 4.72 Å². The van der Waals surface area contributed by atoms with Crippen LogP contribution in [-0.4, -0.2) is 21.5 Å². The van der Waals surface area contributed by atoms with Gasteiger partial charge in [-0.05, 0) is 68.1 Å². The maximum Gasteiger partial charge on any atom is 0.337 e. The number of carbonyl (C=O) groups is 1. The molecule has 25 heavy (non-hydrogen) atoms. The van der Waals surface area contributed by atoms with Gasteiger partial charge in [-0.3, -0.25) is 0 Å². The lowest BCUT2D eigenvalue weighted by Crippen LogP contribution is -2.27. The number of hydrogen-bond donors (Lipinski definition) is 1. The highest BCUT2D eigenvalue weighted by atomic mass is 32.2. The Morgan fingerprint density at radius 3 is 2.32 bits per heavy atom. The van der Waals surface area contributed by atoms with E-state index in [9.17, 15) is 13.2 Å². The van der Waals surface area contributed by atoms with E-state index in [1.165, 1.54) is 36.9 Å². The molecule has 0 aliphatic rings. The van der Waals surface area contributed by atoms with E-state index in [-0.39, 0.29) is 10.5 Å². The van der Waals surface area contributed by atoms with Crippen molar-refractivity contribution < 1.29 is 17.9 Å². The maximum atomic E-state index is 12.7. The van der Waals surface area contributed by atoms with Crippen LogP contribution in [0, 0.1) is 20.8 Å². The van der Waals surface area contributed by atoms with Crippen LogP contribution in [0.3, 0.4) is 0 Å². The topological polar surface area (TPSA) is 72.5 Å². The van der Waals surface area contributed by atoms with Gasteiger partial charge in [0.2, 0.25) is 10.0 Å². The first-order chi connectivity index (χ1) is 11.7. The number of carbonyl (C=O) groups excluding carboxylic acids is 1. The zero-order chi connectivity index (χ0) is 18.8. The van der Waals surface area contributed by atoms with E-state index < -0.39 is 22.0 Å². The van der Waals surface area contributed by atoms with Gasteiger partial charge in [0.15, 0.2) is 0 Å². The second-order valence-electron chi connectivity index (χ2n) is 6.16. The fraction of sp³-hybridized carbons (Fsp3) is 0.316. The molecule has 0 amide bonds. The van der Waals surface area contributed by atoms with E-state index in [4.69, 9.17) is 0 Å². The smallest absolute Gasteiger partial charge is 0.337 e. The van der Waals surface area contributed by atoms with Gasteiger partial charge < -0.3 is 4.74 Å². The number of methoxy groups -OCH3 is 1. The second-order valence-corrected chi connectivity index (χ2v) is 7.87. The zero-order valence-electron chi connectivity index (χ0n) is 15.1. The van der Waals surface area contributed by atoms with Crippen molar-refractivity contribution in [2.75, 3.05) is 7.11 Å². The van der Waals surface area contributed by atoms with Crippen LogP contribution in [0.2, 0.25) is 0 Å². The number of rotatable bonds is 5. The Balaban J connectivity index is 2.33. The van der Waals surface area contributed by atoms with Crippen molar-refractivity contribution >= 4 is 16.0 Å². The molecule has 0 bridgehead atoms. The van der Waals surface area contributed by atoms with Crippen LogP contribution in [0.25, 0.3) is 0 Å². The first-order valence-corrected chi connectivity index (χ1v) is 9.42. The maximum absolute atomic E-state index is 12.7. The van der Waals surface area contributed by atoms with Gasteiger partial charge in [0.05, 0.1) is 17.6 Å². The largest absolute Gasteiger partial charge is 0.465 e. The average molecular weight is 361 g/mol. The molecule has 2 rings (SSSR count). The molecule has 0 aromatic heterocycles. The molecule has 1 atom stereocenters. The molecular weight excluding hydrogens is 338 g/mol. The summed E-state index contributed by atoms with van der Waals surface area (Å²) in [7, 11) is -2.51. The van der Waals surface area contributed by atoms with Gasteiger partial charge in [0, 0.05) is 6.04 Å². The molecule has 0 fully saturated rings. The number of sulfonamides is 1. The van der Waals surface area contributed by atoms with Gasteiger partial charge >= 0.3 is 5.97 Å². The molecule has 2 aromatic rings. The third-order valence-corrected chi connectivity index (χ3v) is 5.78. The van der Waals surface area contributed by atoms with Gasteiger partial charge in [-0.25, -0.2) is 17.9 Å². The Hall–Kier alpha value is -2.18. The quantitative estimate of drug-likeness (QED) is 0.828. The monoisotopic (exact) mass is 361 g/mol. The van der Waals surface area contributed by atoms with Crippen LogP contribution < -0.4 is 4.72 Å². The molecule has 5 nitrogen and oxygen atoms in total. The van der Waals surface area contributed by atoms with Gasteiger partial charge in [0.25, 0.3) is 0 Å². The van der Waals surface area contributed by atoms with Crippen molar-refractivity contribution in [2.24, 2.45) is 0 Å². The van der Waals surface area contributed by atoms with Crippen LogP contribution in [0.5, 0.6) is 0 Å². The highest BCUT2D eigenvalue weighted by Gasteiger charge is 2.21. The fourth-order valence-electron chi connectivity index (χ4n) is 2.72. The molecule has 0 saturated carbocycles. The molecule has 2 aromatic carbocycles. The molecule has 134 valence electrons. The first-order valence-electron chi connectivity index (χ1n) is 7.94. The number of aryl methyl sites for hydroxylation is 3. The minimum atomic E-state index is -3.77. The molecule has 0 unspecified atom stereocenters. The van der Waals surface area contributed by atoms with Gasteiger partial charge in [-0.2, -0.15) is 0 Å². The molecule has 0 aliphatic heterocycles. The number of benzene rings is 2. The van der Waals surface area contributed by atoms with Gasteiger partial charge in [-0.1, -0.05) is 18.2 Å². The number of nitrogens with one attached hydrogen (secondary N) is 1. The lowest BCUT2D eigenvalue weighted by atomic mass is 9.97. The van der Waals surface area contributed by atoms with Crippen molar-refractivity contribution in [2.45, 2.75) is 38.6 Å². The Kier molecular flexibility index (Phi) is 5.65. The van der Waals surface area contributed by atoms with Crippen molar-refractivity contribution in [3.05, 3.63) is 64.2 Å². The van der Waals surface area contributed by atoms with Crippen molar-refractivity contribution in [3.8, 4) is 0 Å². The van der Waals surface area contributed by atoms with Crippen LogP contribution in [0.15, 0.2) is 41.3 Å². The summed E-state index contributed by atoms with van der Waals surface area (Å²) in [5, 5.41) is 0. The van der Waals surface area contributed by atoms with E-state index in [2.05, 4.69) is 9.46 Å². The first kappa shape index (κ1) is 19.1. The van der Waals surface area contributed by atoms with Crippen LogP contribution >= 0.6 is 0 Å². The molecule has 0 heterocycles. The summed E-state index contributed by atoms with van der Waals surface area (Å²) >= 11 is 0. The summed E-state index contributed by atoms with van der Waals surface area (Å²) in [4.78, 5) is 11.6. The van der Waals surface area contributed by atoms with Crippen molar-refractivity contribution in [3.63, 3.8) is 0 Å². The molecule has 1 N–H and O–H groups in total. The molecule has 0 saturated heterocycles. The third kappa shape index (κ3) is 4.27. The minimum Gasteiger partial charge on any atom is -0.465 e. The third-order valence-electron chi connectivity index (χ3n) is 4.25. The Morgan fingerprint density at radius 2 is 1.68 bits per heavy atom. The van der Waals surface area contributed by atoms with Crippen LogP contribution in [-0.2, 0) is 14.8 Å². The summed E-state index contributed by atoms with van der Waals surface area (Å²) in [5.74, 6) is -0.574. The summed E-state index contributed by atoms with van der Waals surface area (Å²) < 4.78 is 32.7. The van der Waals surface area contributed by atoms with Gasteiger partial charge in [-0.15, -0.1) is 0 Å². The SMILES string of the molecule is COC(=O)c1cccc(S(=O)(=O)N[C@H](C)c2cc(C)c(C)cc2C)c1. The molecule has 0 spiro atoms. The van der Waals surface area contributed by atoms with E-state index in [1.54, 1.807) is 6.92 Å². The number of hydrogen-bond acceptors (Lipinski definition) is 4. The minimum absolute atomic E-state index is 0.0312. The van der Waals surface area contributed by atoms with Gasteiger partial charge in [0.1, 0.15) is 0 Å². The predicted molar refractivity (Wildman–Crippen MR) is 97.2 cm³/mol. The molecule has 0 radical (unpaired) electrons. The lowest BCUT2D eigenvalue weighted by Gasteiger charge is -2.18. The van der Waals surface area contributed by atoms with E-state index in [0.29, 0.717) is 0 Å². The number of ether oxygens (including phenoxy) is 1. The summed E-state index contributed by atoms with van der Waals surface area (Å²) in [6, 6.07) is 9.46. The standard InChI is InChI=1S/C19H23NO4S/c1-12-9-14(3)18(10-13(12)2)15(4)20-25(22,23)17-8-6-7-16(11-17)19(21)24-5/h6-11,15,20H,1-5H3/t15-/m1/s1. The van der Waals surface area contributed by atoms with Crippen LogP contribution in [0.4, 0.5) is 0 Å². The summed E-state index contributed by atoms with van der Waals surface area (Å²) in [6.07, 6.45) is 0. The van der Waals surface area contributed by atoms with Crippen molar-refractivity contribution in [1.29, 1.82) is 0 Å². The molecule has 0 aliphatic carbocycles. The second kappa shape index (κ2) is 7.37. The highest BCUT2D eigenvalue weighted by Crippen LogP contribution is 2.23. The van der Waals surface area contributed by atoms with E-state index in [0.717, 1.165) is 16.7 Å². The van der Waals surface area contributed by atoms with E-state index in [1.807, 2.05) is 32.9 Å². The van der Waals surface area contributed by atoms with Crippen LogP contribution in [0.1, 0.15) is 45.6 Å². The Labute approximate surface area is 149 Å². The van der Waals surface area contributed by atoms with E-state index >= 15 is 0 Å². The molecule has 6 heteroatoms. The number of esters is 1. The highest BCUT2D eigenvalue weighted by molar-refractivity contribution is 7.89. The predicted octanol–water partition coefficient (Wildman–Crippen LogP) is 3.44. The Bertz CT molecular complexity index is 904. The summed E-state index contributed by atoms with van der Waals surface area (Å²) in [5.41, 5.74) is 4.43.